The summed E-state index contributed by atoms with van der Waals surface area (Å²) < 4.78 is 0. The number of carbonyl (C=O) groups is 1. The minimum absolute atomic E-state index is 0.0140. The Morgan fingerprint density at radius 1 is 1.50 bits per heavy atom. The van der Waals surface area contributed by atoms with Crippen LogP contribution in [0.25, 0.3) is 0 Å². The normalized spacial score (nSPS) is 20.8. The fraction of sp³-hybridized carbons (Fsp3) is 0.900. The smallest absolute Gasteiger partial charge is 0.315 e. The number of amides is 2. The molecule has 0 aromatic rings. The minimum Gasteiger partial charge on any atom is -0.396 e. The number of aliphatic hydroxyl groups is 1. The quantitative estimate of drug-likeness (QED) is 0.630. The lowest BCUT2D eigenvalue weighted by Gasteiger charge is -2.28. The highest BCUT2D eigenvalue weighted by Gasteiger charge is 2.20. The molecule has 0 aromatic heterocycles. The summed E-state index contributed by atoms with van der Waals surface area (Å²) in [5, 5.41) is 14.6. The van der Waals surface area contributed by atoms with Crippen LogP contribution in [0.1, 0.15) is 33.1 Å². The van der Waals surface area contributed by atoms with Crippen molar-refractivity contribution >= 4 is 6.03 Å². The Balaban J connectivity index is 2.18. The van der Waals surface area contributed by atoms with Gasteiger partial charge in [-0.25, -0.2) is 4.79 Å². The third kappa shape index (κ3) is 3.18. The van der Waals surface area contributed by atoms with E-state index in [0.717, 1.165) is 12.8 Å². The van der Waals surface area contributed by atoms with Crippen LogP contribution < -0.4 is 10.6 Å². The standard InChI is InChI=1S/C10H20N2O2/c1-7(6-13)8(2)11-10(14)12-9-4-3-5-9/h7-9,13H,3-6H2,1-2H3,(H2,11,12,14). The lowest BCUT2D eigenvalue weighted by molar-refractivity contribution is 0.196. The highest BCUT2D eigenvalue weighted by molar-refractivity contribution is 5.74. The maximum atomic E-state index is 11.4. The van der Waals surface area contributed by atoms with Crippen molar-refractivity contribution in [2.75, 3.05) is 6.61 Å². The van der Waals surface area contributed by atoms with Gasteiger partial charge in [-0.1, -0.05) is 6.92 Å². The first kappa shape index (κ1) is 11.3. The summed E-state index contributed by atoms with van der Waals surface area (Å²) in [5.74, 6) is 0.0992. The maximum Gasteiger partial charge on any atom is 0.315 e. The first-order valence-corrected chi connectivity index (χ1v) is 5.31. The summed E-state index contributed by atoms with van der Waals surface area (Å²) in [5.41, 5.74) is 0. The molecule has 2 amide bonds. The molecule has 14 heavy (non-hydrogen) atoms. The first-order valence-electron chi connectivity index (χ1n) is 5.31. The van der Waals surface area contributed by atoms with Gasteiger partial charge in [0, 0.05) is 18.7 Å². The fourth-order valence-corrected chi connectivity index (χ4v) is 1.29. The number of rotatable bonds is 4. The van der Waals surface area contributed by atoms with E-state index >= 15 is 0 Å². The molecule has 0 radical (unpaired) electrons. The number of nitrogens with one attached hydrogen (secondary N) is 2. The topological polar surface area (TPSA) is 61.4 Å². The van der Waals surface area contributed by atoms with Crippen LogP contribution in [-0.4, -0.2) is 29.8 Å². The molecule has 0 heterocycles. The van der Waals surface area contributed by atoms with Crippen molar-refractivity contribution in [3.8, 4) is 0 Å². The van der Waals surface area contributed by atoms with Gasteiger partial charge in [0.05, 0.1) is 0 Å². The van der Waals surface area contributed by atoms with E-state index in [1.807, 2.05) is 13.8 Å². The van der Waals surface area contributed by atoms with E-state index in [1.54, 1.807) is 0 Å². The molecule has 0 saturated heterocycles. The molecule has 2 atom stereocenters. The summed E-state index contributed by atoms with van der Waals surface area (Å²) >= 11 is 0. The Kier molecular flexibility index (Phi) is 4.20. The van der Waals surface area contributed by atoms with Crippen molar-refractivity contribution in [3.05, 3.63) is 0 Å². The van der Waals surface area contributed by atoms with Gasteiger partial charge >= 0.3 is 6.03 Å². The number of urea groups is 1. The lowest BCUT2D eigenvalue weighted by Crippen LogP contribution is -2.49. The van der Waals surface area contributed by atoms with Gasteiger partial charge in [-0.15, -0.1) is 0 Å². The molecule has 82 valence electrons. The molecular weight excluding hydrogens is 180 g/mol. The van der Waals surface area contributed by atoms with Gasteiger partial charge in [-0.05, 0) is 32.1 Å². The van der Waals surface area contributed by atoms with Gasteiger partial charge in [0.2, 0.25) is 0 Å². The Labute approximate surface area is 85.1 Å². The van der Waals surface area contributed by atoms with Crippen LogP contribution in [0.5, 0.6) is 0 Å². The number of aliphatic hydroxyl groups excluding tert-OH is 1. The Hall–Kier alpha value is -0.770. The zero-order valence-electron chi connectivity index (χ0n) is 8.92. The molecule has 4 heteroatoms. The molecule has 3 N–H and O–H groups in total. The van der Waals surface area contributed by atoms with E-state index < -0.39 is 0 Å². The van der Waals surface area contributed by atoms with Crippen LogP contribution in [0, 0.1) is 5.92 Å². The molecule has 1 rings (SSSR count). The molecule has 0 aromatic carbocycles. The van der Waals surface area contributed by atoms with Crippen molar-refractivity contribution in [1.29, 1.82) is 0 Å². The van der Waals surface area contributed by atoms with E-state index in [1.165, 1.54) is 6.42 Å². The SMILES string of the molecule is CC(CO)C(C)NC(=O)NC1CCC1. The summed E-state index contributed by atoms with van der Waals surface area (Å²) in [6.45, 7) is 3.92. The second-order valence-corrected chi connectivity index (χ2v) is 4.19. The van der Waals surface area contributed by atoms with Crippen LogP contribution in [0.4, 0.5) is 4.79 Å². The molecule has 0 aliphatic heterocycles. The van der Waals surface area contributed by atoms with Gasteiger partial charge in [0.15, 0.2) is 0 Å². The van der Waals surface area contributed by atoms with Gasteiger partial charge in [-0.2, -0.15) is 0 Å². The van der Waals surface area contributed by atoms with Crippen LogP contribution in [0.3, 0.4) is 0 Å². The second-order valence-electron chi connectivity index (χ2n) is 4.19. The number of carbonyl (C=O) groups excluding carboxylic acids is 1. The van der Waals surface area contributed by atoms with E-state index in [2.05, 4.69) is 10.6 Å². The zero-order chi connectivity index (χ0) is 10.6. The molecular formula is C10H20N2O2. The molecule has 0 spiro atoms. The molecule has 1 saturated carbocycles. The predicted octanol–water partition coefficient (Wildman–Crippen LogP) is 0.855. The lowest BCUT2D eigenvalue weighted by atomic mass is 9.93. The average Bonchev–Trinajstić information content (AvgIpc) is 2.10. The Morgan fingerprint density at radius 2 is 2.14 bits per heavy atom. The third-order valence-corrected chi connectivity index (χ3v) is 2.94. The van der Waals surface area contributed by atoms with Gasteiger partial charge in [-0.3, -0.25) is 0 Å². The van der Waals surface area contributed by atoms with Crippen LogP contribution in [-0.2, 0) is 0 Å². The first-order chi connectivity index (χ1) is 6.63. The van der Waals surface area contributed by atoms with Gasteiger partial charge < -0.3 is 15.7 Å². The van der Waals surface area contributed by atoms with Crippen molar-refractivity contribution in [1.82, 2.24) is 10.6 Å². The number of hydrogen-bond donors (Lipinski definition) is 3. The molecule has 4 nitrogen and oxygen atoms in total. The maximum absolute atomic E-state index is 11.4. The van der Waals surface area contributed by atoms with Crippen molar-refractivity contribution in [2.45, 2.75) is 45.2 Å². The Bertz CT molecular complexity index is 193. The largest absolute Gasteiger partial charge is 0.396 e. The highest BCUT2D eigenvalue weighted by atomic mass is 16.3. The van der Waals surface area contributed by atoms with Crippen molar-refractivity contribution < 1.29 is 9.90 Å². The third-order valence-electron chi connectivity index (χ3n) is 2.94. The molecule has 1 aliphatic rings. The van der Waals surface area contributed by atoms with Gasteiger partial charge in [0.25, 0.3) is 0 Å². The molecule has 1 aliphatic carbocycles. The highest BCUT2D eigenvalue weighted by Crippen LogP contribution is 2.17. The van der Waals surface area contributed by atoms with Crippen molar-refractivity contribution in [2.24, 2.45) is 5.92 Å². The summed E-state index contributed by atoms with van der Waals surface area (Å²) in [7, 11) is 0. The monoisotopic (exact) mass is 200 g/mol. The van der Waals surface area contributed by atoms with Crippen LogP contribution in [0.15, 0.2) is 0 Å². The van der Waals surface area contributed by atoms with Crippen LogP contribution in [0.2, 0.25) is 0 Å². The summed E-state index contributed by atoms with van der Waals surface area (Å²) in [4.78, 5) is 11.4. The zero-order valence-corrected chi connectivity index (χ0v) is 8.92. The summed E-state index contributed by atoms with van der Waals surface area (Å²) in [6.07, 6.45) is 3.41. The average molecular weight is 200 g/mol. The second kappa shape index (κ2) is 5.20. The van der Waals surface area contributed by atoms with Crippen LogP contribution >= 0.6 is 0 Å². The van der Waals surface area contributed by atoms with E-state index in [4.69, 9.17) is 5.11 Å². The fourth-order valence-electron chi connectivity index (χ4n) is 1.29. The van der Waals surface area contributed by atoms with Crippen molar-refractivity contribution in [3.63, 3.8) is 0 Å². The molecule has 1 fully saturated rings. The predicted molar refractivity (Wildman–Crippen MR) is 55.0 cm³/mol. The van der Waals surface area contributed by atoms with Gasteiger partial charge in [0.1, 0.15) is 0 Å². The summed E-state index contributed by atoms with van der Waals surface area (Å²) in [6, 6.07) is 0.272. The molecule has 2 unspecified atom stereocenters. The van der Waals surface area contributed by atoms with E-state index in [-0.39, 0.29) is 24.6 Å². The minimum atomic E-state index is -0.109. The van der Waals surface area contributed by atoms with E-state index in [0.29, 0.717) is 6.04 Å². The molecule has 0 bridgehead atoms. The van der Waals surface area contributed by atoms with E-state index in [9.17, 15) is 4.79 Å². The number of hydrogen-bond acceptors (Lipinski definition) is 2. The Morgan fingerprint density at radius 3 is 2.57 bits per heavy atom.